The number of ether oxygens (including phenoxy) is 1. The van der Waals surface area contributed by atoms with Crippen LogP contribution in [0.1, 0.15) is 54.8 Å². The van der Waals surface area contributed by atoms with Crippen molar-refractivity contribution in [1.82, 2.24) is 24.8 Å². The molecule has 2 aromatic heterocycles. The van der Waals surface area contributed by atoms with E-state index in [1.54, 1.807) is 0 Å². The van der Waals surface area contributed by atoms with Crippen LogP contribution in [0.4, 0.5) is 16.3 Å². The Morgan fingerprint density at radius 1 is 1.15 bits per heavy atom. The summed E-state index contributed by atoms with van der Waals surface area (Å²) >= 11 is 0. The minimum atomic E-state index is -0.983. The zero-order chi connectivity index (χ0) is 26.9. The SMILES string of the molecule is CN1CCC[C@H]1COc1nc2c(c(N3CCN(C(=O)O)[C@@H](CC#N)C3)n1)CCN(c1cnccc1C1CC1)C2. The highest BCUT2D eigenvalue weighted by molar-refractivity contribution is 5.66. The van der Waals surface area contributed by atoms with Crippen LogP contribution in [0, 0.1) is 11.3 Å². The lowest BCUT2D eigenvalue weighted by molar-refractivity contribution is 0.119. The van der Waals surface area contributed by atoms with Gasteiger partial charge in [-0.3, -0.25) is 4.98 Å². The average Bonchev–Trinajstić information content (AvgIpc) is 3.72. The highest BCUT2D eigenvalue weighted by atomic mass is 16.5. The first-order chi connectivity index (χ1) is 19.0. The van der Waals surface area contributed by atoms with Crippen molar-refractivity contribution in [1.29, 1.82) is 5.26 Å². The van der Waals surface area contributed by atoms with Crippen LogP contribution in [0.2, 0.25) is 0 Å². The quantitative estimate of drug-likeness (QED) is 0.570. The van der Waals surface area contributed by atoms with Crippen molar-refractivity contribution in [3.63, 3.8) is 0 Å². The number of piperazine rings is 1. The maximum Gasteiger partial charge on any atom is 0.407 e. The summed E-state index contributed by atoms with van der Waals surface area (Å²) in [6.45, 7) is 4.35. The van der Waals surface area contributed by atoms with Crippen LogP contribution in [0.25, 0.3) is 0 Å². The number of hydrogen-bond acceptors (Lipinski definition) is 9. The Balaban J connectivity index is 1.30. The molecule has 0 aromatic carbocycles. The van der Waals surface area contributed by atoms with Gasteiger partial charge in [-0.25, -0.2) is 4.79 Å². The molecule has 39 heavy (non-hydrogen) atoms. The third-order valence-electron chi connectivity index (χ3n) is 8.64. The molecule has 11 nitrogen and oxygen atoms in total. The fourth-order valence-electron chi connectivity index (χ4n) is 6.26. The van der Waals surface area contributed by atoms with Crippen LogP contribution in [0.3, 0.4) is 0 Å². The van der Waals surface area contributed by atoms with E-state index in [9.17, 15) is 15.2 Å². The van der Waals surface area contributed by atoms with Crippen LogP contribution in [-0.2, 0) is 13.0 Å². The molecule has 5 heterocycles. The average molecular weight is 533 g/mol. The summed E-state index contributed by atoms with van der Waals surface area (Å²) in [4.78, 5) is 34.3. The molecule has 2 aromatic rings. The lowest BCUT2D eigenvalue weighted by Crippen LogP contribution is -2.55. The second-order valence-electron chi connectivity index (χ2n) is 11.2. The van der Waals surface area contributed by atoms with Crippen molar-refractivity contribution in [2.75, 3.05) is 56.2 Å². The Kier molecular flexibility index (Phi) is 7.12. The van der Waals surface area contributed by atoms with Crippen LogP contribution in [0.5, 0.6) is 6.01 Å². The predicted molar refractivity (Wildman–Crippen MR) is 145 cm³/mol. The molecule has 2 atom stereocenters. The zero-order valence-electron chi connectivity index (χ0n) is 22.5. The molecule has 4 aliphatic rings. The number of carboxylic acid groups (broad SMARTS) is 1. The molecule has 11 heteroatoms. The Hall–Kier alpha value is -3.65. The fourth-order valence-corrected chi connectivity index (χ4v) is 6.26. The summed E-state index contributed by atoms with van der Waals surface area (Å²) in [6.07, 6.45) is 8.52. The Labute approximate surface area is 229 Å². The van der Waals surface area contributed by atoms with Crippen molar-refractivity contribution in [2.45, 2.75) is 63.1 Å². The van der Waals surface area contributed by atoms with Gasteiger partial charge in [-0.15, -0.1) is 0 Å². The molecule has 1 amide bonds. The molecule has 0 spiro atoms. The van der Waals surface area contributed by atoms with E-state index >= 15 is 0 Å². The van der Waals surface area contributed by atoms with Gasteiger partial charge in [0.25, 0.3) is 0 Å². The molecule has 0 radical (unpaired) electrons. The van der Waals surface area contributed by atoms with Gasteiger partial charge in [0.05, 0.1) is 42.7 Å². The second kappa shape index (κ2) is 10.8. The number of fused-ring (bicyclic) bond motifs is 1. The van der Waals surface area contributed by atoms with Crippen LogP contribution < -0.4 is 14.5 Å². The van der Waals surface area contributed by atoms with Gasteiger partial charge in [0.2, 0.25) is 0 Å². The van der Waals surface area contributed by atoms with Gasteiger partial charge >= 0.3 is 12.1 Å². The normalized spacial score (nSPS) is 23.4. The number of nitrogens with zero attached hydrogens (tertiary/aromatic N) is 8. The van der Waals surface area contributed by atoms with Crippen LogP contribution >= 0.6 is 0 Å². The summed E-state index contributed by atoms with van der Waals surface area (Å²) in [6, 6.07) is 4.63. The largest absolute Gasteiger partial charge is 0.465 e. The number of pyridine rings is 1. The Morgan fingerprint density at radius 3 is 2.77 bits per heavy atom. The molecular formula is C28H36N8O3. The number of rotatable bonds is 7. The summed E-state index contributed by atoms with van der Waals surface area (Å²) < 4.78 is 6.23. The van der Waals surface area contributed by atoms with Gasteiger partial charge in [0.1, 0.15) is 12.4 Å². The van der Waals surface area contributed by atoms with E-state index in [0.717, 1.165) is 43.0 Å². The third kappa shape index (κ3) is 5.30. The molecule has 1 saturated carbocycles. The number of likely N-dealkylation sites (tertiary alicyclic amines) is 1. The van der Waals surface area contributed by atoms with Crippen molar-refractivity contribution in [2.24, 2.45) is 0 Å². The molecule has 3 fully saturated rings. The van der Waals surface area contributed by atoms with E-state index in [0.29, 0.717) is 50.8 Å². The van der Waals surface area contributed by atoms with E-state index < -0.39 is 12.1 Å². The molecule has 0 unspecified atom stereocenters. The molecule has 6 rings (SSSR count). The Morgan fingerprint density at radius 2 is 2.03 bits per heavy atom. The van der Waals surface area contributed by atoms with Crippen molar-refractivity contribution < 1.29 is 14.6 Å². The maximum atomic E-state index is 11.8. The van der Waals surface area contributed by atoms with E-state index in [4.69, 9.17) is 14.7 Å². The third-order valence-corrected chi connectivity index (χ3v) is 8.64. The van der Waals surface area contributed by atoms with Gasteiger partial charge in [-0.05, 0) is 63.2 Å². The van der Waals surface area contributed by atoms with E-state index in [2.05, 4.69) is 38.9 Å². The fraction of sp³-hybridized carbons (Fsp3) is 0.607. The van der Waals surface area contributed by atoms with Crippen molar-refractivity contribution in [3.8, 4) is 12.1 Å². The first-order valence-corrected chi connectivity index (χ1v) is 14.0. The predicted octanol–water partition coefficient (Wildman–Crippen LogP) is 2.87. The minimum absolute atomic E-state index is 0.145. The monoisotopic (exact) mass is 532 g/mol. The van der Waals surface area contributed by atoms with Gasteiger partial charge in [0.15, 0.2) is 0 Å². The number of carbonyl (C=O) groups is 1. The second-order valence-corrected chi connectivity index (χ2v) is 11.2. The number of hydrogen-bond donors (Lipinski definition) is 1. The molecule has 1 aliphatic carbocycles. The van der Waals surface area contributed by atoms with E-state index in [1.165, 1.54) is 35.4 Å². The number of aromatic nitrogens is 3. The van der Waals surface area contributed by atoms with Gasteiger partial charge in [-0.2, -0.15) is 15.2 Å². The van der Waals surface area contributed by atoms with Gasteiger partial charge < -0.3 is 29.4 Å². The number of likely N-dealkylation sites (N-methyl/N-ethyl adjacent to an activating group) is 1. The summed E-state index contributed by atoms with van der Waals surface area (Å²) in [5.74, 6) is 1.44. The highest BCUT2D eigenvalue weighted by Gasteiger charge is 2.35. The van der Waals surface area contributed by atoms with Crippen LogP contribution in [-0.4, -0.2) is 94.4 Å². The first-order valence-electron chi connectivity index (χ1n) is 14.0. The maximum absolute atomic E-state index is 11.8. The number of anilines is 2. The van der Waals surface area contributed by atoms with Crippen molar-refractivity contribution in [3.05, 3.63) is 35.3 Å². The molecule has 206 valence electrons. The summed E-state index contributed by atoms with van der Waals surface area (Å²) in [7, 11) is 2.13. The van der Waals surface area contributed by atoms with Crippen molar-refractivity contribution >= 4 is 17.6 Å². The molecule has 2 saturated heterocycles. The zero-order valence-corrected chi connectivity index (χ0v) is 22.5. The van der Waals surface area contributed by atoms with Gasteiger partial charge in [0, 0.05) is 44.0 Å². The molecule has 3 aliphatic heterocycles. The molecular weight excluding hydrogens is 496 g/mol. The smallest absolute Gasteiger partial charge is 0.407 e. The molecule has 0 bridgehead atoms. The highest BCUT2D eigenvalue weighted by Crippen LogP contribution is 2.45. The van der Waals surface area contributed by atoms with E-state index in [1.807, 2.05) is 12.4 Å². The first kappa shape index (κ1) is 25.6. The topological polar surface area (TPSA) is 122 Å². The van der Waals surface area contributed by atoms with E-state index in [-0.39, 0.29) is 6.42 Å². The Bertz CT molecular complexity index is 1260. The lowest BCUT2D eigenvalue weighted by Gasteiger charge is -2.41. The molecule has 1 N–H and O–H groups in total. The number of amides is 1. The van der Waals surface area contributed by atoms with Crippen LogP contribution in [0.15, 0.2) is 18.5 Å². The standard InChI is InChI=1S/C28H36N8O3/c1-33-11-2-3-21(33)18-39-27-31-24-17-34(25-15-30-10-7-22(25)19-4-5-19)12-8-23(24)26(32-27)35-13-14-36(28(37)38)20(16-35)6-9-29/h7,10,15,19-21H,2-6,8,11-14,16-18H2,1H3,(H,37,38)/t20-,21-/m0/s1. The summed E-state index contributed by atoms with van der Waals surface area (Å²) in [5, 5.41) is 19.0. The van der Waals surface area contributed by atoms with Gasteiger partial charge in [-0.1, -0.05) is 0 Å². The summed E-state index contributed by atoms with van der Waals surface area (Å²) in [5.41, 5.74) is 4.59. The number of nitriles is 1. The lowest BCUT2D eigenvalue weighted by atomic mass is 10.0. The minimum Gasteiger partial charge on any atom is -0.465 e.